The van der Waals surface area contributed by atoms with Gasteiger partial charge in [0.2, 0.25) is 0 Å². The number of allylic oxidation sites excluding steroid dienone is 2. The largest absolute Gasteiger partial charge is 0.270 e. The van der Waals surface area contributed by atoms with E-state index in [1.807, 2.05) is 37.3 Å². The Morgan fingerprint density at radius 3 is 2.32 bits per heavy atom. The third-order valence-corrected chi connectivity index (χ3v) is 6.15. The molecule has 0 spiro atoms. The Kier molecular flexibility index (Phi) is 5.39. The van der Waals surface area contributed by atoms with Gasteiger partial charge in [-0.3, -0.25) is 4.31 Å². The standard InChI is InChI=1S/C21H23NO2S/c1-18-10-12-21(13-11-18)25(23,24)22-16-14-20(15-17-22)9-5-8-19-6-3-2-4-7-19/h2-4,6-7,10-16H,5,8-9,17H2,1H3. The Hall–Kier alpha value is -2.33. The zero-order valence-corrected chi connectivity index (χ0v) is 15.2. The molecule has 0 saturated heterocycles. The number of hydrogen-bond donors (Lipinski definition) is 0. The molecule has 2 aromatic carbocycles. The Balaban J connectivity index is 1.57. The summed E-state index contributed by atoms with van der Waals surface area (Å²) >= 11 is 0. The van der Waals surface area contributed by atoms with Crippen LogP contribution >= 0.6 is 0 Å². The fourth-order valence-corrected chi connectivity index (χ4v) is 4.11. The summed E-state index contributed by atoms with van der Waals surface area (Å²) in [7, 11) is -3.46. The molecule has 3 nitrogen and oxygen atoms in total. The van der Waals surface area contributed by atoms with E-state index in [0.29, 0.717) is 11.4 Å². The van der Waals surface area contributed by atoms with E-state index in [4.69, 9.17) is 0 Å². The molecule has 0 amide bonds. The van der Waals surface area contributed by atoms with Crippen LogP contribution in [0.25, 0.3) is 0 Å². The van der Waals surface area contributed by atoms with Crippen molar-refractivity contribution in [1.82, 2.24) is 4.31 Å². The molecule has 0 aliphatic carbocycles. The molecule has 0 saturated carbocycles. The van der Waals surface area contributed by atoms with Crippen molar-refractivity contribution in [3.05, 3.63) is 89.6 Å². The van der Waals surface area contributed by atoms with Crippen molar-refractivity contribution in [2.45, 2.75) is 31.1 Å². The minimum absolute atomic E-state index is 0.337. The fourth-order valence-electron chi connectivity index (χ4n) is 2.87. The van der Waals surface area contributed by atoms with Crippen molar-refractivity contribution >= 4 is 10.0 Å². The van der Waals surface area contributed by atoms with E-state index in [1.54, 1.807) is 18.3 Å². The van der Waals surface area contributed by atoms with Crippen molar-refractivity contribution in [2.24, 2.45) is 0 Å². The predicted molar refractivity (Wildman–Crippen MR) is 102 cm³/mol. The van der Waals surface area contributed by atoms with Crippen LogP contribution in [0.3, 0.4) is 0 Å². The summed E-state index contributed by atoms with van der Waals surface area (Å²) in [6, 6.07) is 17.4. The maximum absolute atomic E-state index is 12.6. The SMILES string of the molecule is Cc1ccc(S(=O)(=O)N2C=CC(CCCc3ccccc3)=CC2)cc1. The van der Waals surface area contributed by atoms with Crippen LogP contribution in [0.4, 0.5) is 0 Å². The number of hydrogen-bond acceptors (Lipinski definition) is 2. The van der Waals surface area contributed by atoms with Gasteiger partial charge in [-0.1, -0.05) is 54.1 Å². The van der Waals surface area contributed by atoms with Gasteiger partial charge in [-0.15, -0.1) is 0 Å². The van der Waals surface area contributed by atoms with E-state index in [9.17, 15) is 8.42 Å². The highest BCUT2D eigenvalue weighted by Gasteiger charge is 2.22. The molecule has 1 aliphatic rings. The molecule has 1 aliphatic heterocycles. The Morgan fingerprint density at radius 1 is 0.960 bits per heavy atom. The highest BCUT2D eigenvalue weighted by molar-refractivity contribution is 7.89. The quantitative estimate of drug-likeness (QED) is 0.769. The predicted octanol–water partition coefficient (Wildman–Crippen LogP) is 4.46. The molecule has 0 N–H and O–H groups in total. The van der Waals surface area contributed by atoms with E-state index in [-0.39, 0.29) is 0 Å². The molecule has 2 aromatic rings. The molecule has 0 aromatic heterocycles. The molecule has 0 unspecified atom stereocenters. The van der Waals surface area contributed by atoms with Crippen LogP contribution in [-0.4, -0.2) is 19.3 Å². The first-order valence-corrected chi connectivity index (χ1v) is 9.99. The van der Waals surface area contributed by atoms with Crippen LogP contribution in [0.15, 0.2) is 83.4 Å². The first-order chi connectivity index (χ1) is 12.1. The fraction of sp³-hybridized carbons (Fsp3) is 0.238. The second kappa shape index (κ2) is 7.70. The number of nitrogens with zero attached hydrogens (tertiary/aromatic N) is 1. The van der Waals surface area contributed by atoms with Gasteiger partial charge in [0.15, 0.2) is 0 Å². The summed E-state index contributed by atoms with van der Waals surface area (Å²) in [4.78, 5) is 0.337. The lowest BCUT2D eigenvalue weighted by Crippen LogP contribution is -2.27. The van der Waals surface area contributed by atoms with Crippen molar-refractivity contribution in [1.29, 1.82) is 0 Å². The molecule has 130 valence electrons. The molecular formula is C21H23NO2S. The number of sulfonamides is 1. The molecule has 25 heavy (non-hydrogen) atoms. The molecular weight excluding hydrogens is 330 g/mol. The Bertz CT molecular complexity index is 866. The summed E-state index contributed by atoms with van der Waals surface area (Å²) in [5.41, 5.74) is 3.59. The van der Waals surface area contributed by atoms with Crippen LogP contribution in [0.2, 0.25) is 0 Å². The van der Waals surface area contributed by atoms with Gasteiger partial charge in [-0.2, -0.15) is 0 Å². The van der Waals surface area contributed by atoms with E-state index in [0.717, 1.165) is 24.8 Å². The number of rotatable bonds is 6. The Morgan fingerprint density at radius 2 is 1.68 bits per heavy atom. The van der Waals surface area contributed by atoms with Gasteiger partial charge in [0.25, 0.3) is 10.0 Å². The first-order valence-electron chi connectivity index (χ1n) is 8.55. The topological polar surface area (TPSA) is 37.4 Å². The summed E-state index contributed by atoms with van der Waals surface area (Å²) in [5.74, 6) is 0. The third kappa shape index (κ3) is 4.40. The molecule has 0 radical (unpaired) electrons. The molecule has 4 heteroatoms. The summed E-state index contributed by atoms with van der Waals surface area (Å²) in [6.07, 6.45) is 8.68. The molecule has 0 fully saturated rings. The van der Waals surface area contributed by atoms with E-state index in [1.165, 1.54) is 15.4 Å². The van der Waals surface area contributed by atoms with Gasteiger partial charge in [-0.05, 0) is 55.5 Å². The normalized spacial score (nSPS) is 14.4. The van der Waals surface area contributed by atoms with Crippen LogP contribution in [0.5, 0.6) is 0 Å². The summed E-state index contributed by atoms with van der Waals surface area (Å²) in [6.45, 7) is 2.34. The summed E-state index contributed by atoms with van der Waals surface area (Å²) < 4.78 is 26.7. The zero-order valence-electron chi connectivity index (χ0n) is 14.4. The van der Waals surface area contributed by atoms with E-state index < -0.39 is 10.0 Å². The first kappa shape index (κ1) is 17.5. The smallest absolute Gasteiger partial charge is 0.264 e. The number of benzene rings is 2. The highest BCUT2D eigenvalue weighted by atomic mass is 32.2. The Labute approximate surface area is 150 Å². The average molecular weight is 353 g/mol. The number of aryl methyl sites for hydroxylation is 2. The van der Waals surface area contributed by atoms with Gasteiger partial charge in [0.1, 0.15) is 0 Å². The van der Waals surface area contributed by atoms with Crippen LogP contribution in [0.1, 0.15) is 24.0 Å². The van der Waals surface area contributed by atoms with Gasteiger partial charge in [0.05, 0.1) is 11.4 Å². The highest BCUT2D eigenvalue weighted by Crippen LogP contribution is 2.21. The minimum atomic E-state index is -3.46. The second-order valence-electron chi connectivity index (χ2n) is 6.32. The molecule has 0 atom stereocenters. The van der Waals surface area contributed by atoms with Crippen LogP contribution in [0, 0.1) is 6.92 Å². The van der Waals surface area contributed by atoms with Crippen molar-refractivity contribution in [3.63, 3.8) is 0 Å². The van der Waals surface area contributed by atoms with Gasteiger partial charge < -0.3 is 0 Å². The van der Waals surface area contributed by atoms with Gasteiger partial charge >= 0.3 is 0 Å². The molecule has 3 rings (SSSR count). The maximum Gasteiger partial charge on any atom is 0.264 e. The maximum atomic E-state index is 12.6. The van der Waals surface area contributed by atoms with Crippen molar-refractivity contribution < 1.29 is 8.42 Å². The lowest BCUT2D eigenvalue weighted by molar-refractivity contribution is 0.518. The molecule has 0 bridgehead atoms. The lowest BCUT2D eigenvalue weighted by atomic mass is 10.0. The second-order valence-corrected chi connectivity index (χ2v) is 8.21. The monoisotopic (exact) mass is 353 g/mol. The van der Waals surface area contributed by atoms with Crippen molar-refractivity contribution in [3.8, 4) is 0 Å². The average Bonchev–Trinajstić information content (AvgIpc) is 2.63. The van der Waals surface area contributed by atoms with Crippen LogP contribution < -0.4 is 0 Å². The van der Waals surface area contributed by atoms with Gasteiger partial charge in [-0.25, -0.2) is 8.42 Å². The summed E-state index contributed by atoms with van der Waals surface area (Å²) in [5, 5.41) is 0. The van der Waals surface area contributed by atoms with E-state index >= 15 is 0 Å². The third-order valence-electron chi connectivity index (χ3n) is 4.39. The zero-order chi connectivity index (χ0) is 17.7. The minimum Gasteiger partial charge on any atom is -0.270 e. The van der Waals surface area contributed by atoms with E-state index in [2.05, 4.69) is 24.3 Å². The van der Waals surface area contributed by atoms with Crippen molar-refractivity contribution in [2.75, 3.05) is 6.54 Å². The van der Waals surface area contributed by atoms with Crippen LogP contribution in [-0.2, 0) is 16.4 Å². The molecule has 1 heterocycles. The van der Waals surface area contributed by atoms with Gasteiger partial charge in [0, 0.05) is 6.20 Å². The lowest BCUT2D eigenvalue weighted by Gasteiger charge is -2.22.